The first kappa shape index (κ1) is 20.2. The number of rotatable bonds is 5. The van der Waals surface area contributed by atoms with Crippen molar-refractivity contribution in [3.05, 3.63) is 89.6 Å². The monoisotopic (exact) mass is 430 g/mol. The van der Waals surface area contributed by atoms with Crippen molar-refractivity contribution in [2.45, 2.75) is 11.8 Å². The zero-order valence-electron chi connectivity index (χ0n) is 16.5. The number of fused-ring (bicyclic) bond motifs is 1. The van der Waals surface area contributed by atoms with Crippen LogP contribution in [-0.4, -0.2) is 19.3 Å². The summed E-state index contributed by atoms with van der Waals surface area (Å²) in [5.41, 5.74) is 3.17. The number of amides is 1. The number of aromatic nitrogens is 1. The van der Waals surface area contributed by atoms with E-state index in [4.69, 9.17) is 0 Å². The molecule has 3 N–H and O–H groups in total. The number of hydrogen-bond acceptors (Lipinski definition) is 4. The Morgan fingerprint density at radius 2 is 1.81 bits per heavy atom. The maximum absolute atomic E-state index is 12.8. The smallest absolute Gasteiger partial charge is 0.261 e. The van der Waals surface area contributed by atoms with Crippen molar-refractivity contribution in [2.24, 2.45) is 0 Å². The normalized spacial score (nSPS) is 11.1. The van der Waals surface area contributed by atoms with Crippen molar-refractivity contribution in [3.63, 3.8) is 0 Å². The Kier molecular flexibility index (Phi) is 5.19. The molecule has 4 aromatic rings. The lowest BCUT2D eigenvalue weighted by atomic mass is 10.1. The fraction of sp³-hybridized carbons (Fsp3) is 0.0435. The highest BCUT2D eigenvalue weighted by Crippen LogP contribution is 2.29. The van der Waals surface area contributed by atoms with Crippen LogP contribution in [0.2, 0.25) is 0 Å². The Labute approximate surface area is 179 Å². The van der Waals surface area contributed by atoms with Crippen LogP contribution in [0.3, 0.4) is 0 Å². The van der Waals surface area contributed by atoms with E-state index in [1.165, 1.54) is 18.2 Å². The molecule has 0 fully saturated rings. The first-order valence-corrected chi connectivity index (χ1v) is 10.9. The molecule has 0 aliphatic rings. The minimum Gasteiger partial charge on any atom is -0.358 e. The summed E-state index contributed by atoms with van der Waals surface area (Å²) in [5.74, 6) is -0.404. The molecular formula is C23H18N4O3S. The topological polar surface area (TPSA) is 115 Å². The largest absolute Gasteiger partial charge is 0.358 e. The molecule has 1 heterocycles. The summed E-state index contributed by atoms with van der Waals surface area (Å²) in [4.78, 5) is 16.0. The van der Waals surface area contributed by atoms with Gasteiger partial charge in [0.15, 0.2) is 0 Å². The van der Waals surface area contributed by atoms with Crippen LogP contribution in [0.1, 0.15) is 21.5 Å². The van der Waals surface area contributed by atoms with Crippen LogP contribution in [0.4, 0.5) is 11.4 Å². The van der Waals surface area contributed by atoms with Crippen LogP contribution in [0.5, 0.6) is 0 Å². The van der Waals surface area contributed by atoms with Crippen molar-refractivity contribution in [1.29, 1.82) is 5.26 Å². The van der Waals surface area contributed by atoms with Crippen LogP contribution < -0.4 is 10.0 Å². The summed E-state index contributed by atoms with van der Waals surface area (Å²) in [5, 5.41) is 12.9. The lowest BCUT2D eigenvalue weighted by Gasteiger charge is -2.11. The summed E-state index contributed by atoms with van der Waals surface area (Å²) in [6.07, 6.45) is 1.60. The van der Waals surface area contributed by atoms with E-state index in [1.807, 2.05) is 13.0 Å². The average Bonchev–Trinajstić information content (AvgIpc) is 3.21. The van der Waals surface area contributed by atoms with Gasteiger partial charge in [-0.2, -0.15) is 5.26 Å². The van der Waals surface area contributed by atoms with Crippen molar-refractivity contribution in [1.82, 2.24) is 4.98 Å². The lowest BCUT2D eigenvalue weighted by molar-refractivity contribution is 0.102. The zero-order chi connectivity index (χ0) is 22.0. The number of aromatic amines is 1. The predicted molar refractivity (Wildman–Crippen MR) is 119 cm³/mol. The van der Waals surface area contributed by atoms with Gasteiger partial charge in [0.05, 0.1) is 21.7 Å². The van der Waals surface area contributed by atoms with Crippen LogP contribution in [-0.2, 0) is 10.0 Å². The van der Waals surface area contributed by atoms with Gasteiger partial charge in [-0.3, -0.25) is 9.52 Å². The SMILES string of the molecule is Cc1ccc(NC(=O)c2cccc(NS(=O)(=O)c3ccccc3)c2)c2[nH]cc(C#N)c12. The maximum Gasteiger partial charge on any atom is 0.261 e. The molecule has 0 unspecified atom stereocenters. The van der Waals surface area contributed by atoms with Crippen molar-refractivity contribution in [2.75, 3.05) is 10.0 Å². The summed E-state index contributed by atoms with van der Waals surface area (Å²) in [6.45, 7) is 1.89. The molecule has 0 spiro atoms. The van der Waals surface area contributed by atoms with Gasteiger partial charge in [-0.05, 0) is 48.9 Å². The molecule has 0 aliphatic carbocycles. The molecule has 31 heavy (non-hydrogen) atoms. The van der Waals surface area contributed by atoms with Gasteiger partial charge in [-0.15, -0.1) is 0 Å². The fourth-order valence-electron chi connectivity index (χ4n) is 3.34. The van der Waals surface area contributed by atoms with E-state index in [-0.39, 0.29) is 16.1 Å². The fourth-order valence-corrected chi connectivity index (χ4v) is 4.42. The van der Waals surface area contributed by atoms with Crippen molar-refractivity contribution in [3.8, 4) is 6.07 Å². The Morgan fingerprint density at radius 3 is 2.55 bits per heavy atom. The van der Waals surface area contributed by atoms with E-state index in [9.17, 15) is 18.5 Å². The second-order valence-electron chi connectivity index (χ2n) is 6.95. The molecule has 154 valence electrons. The Morgan fingerprint density at radius 1 is 1.03 bits per heavy atom. The number of benzene rings is 3. The molecule has 1 amide bonds. The lowest BCUT2D eigenvalue weighted by Crippen LogP contribution is -2.15. The zero-order valence-corrected chi connectivity index (χ0v) is 17.3. The van der Waals surface area contributed by atoms with Gasteiger partial charge in [0.25, 0.3) is 15.9 Å². The standard InChI is InChI=1S/C23H18N4O3S/c1-15-10-11-20(22-21(15)17(13-24)14-25-22)26-23(28)16-6-5-7-18(12-16)27-31(29,30)19-8-3-2-4-9-19/h2-12,14,25,27H,1H3,(H,26,28). The minimum atomic E-state index is -3.77. The molecule has 0 saturated carbocycles. The molecule has 0 radical (unpaired) electrons. The first-order chi connectivity index (χ1) is 14.9. The average molecular weight is 430 g/mol. The minimum absolute atomic E-state index is 0.131. The van der Waals surface area contributed by atoms with Crippen molar-refractivity contribution >= 4 is 38.2 Å². The number of sulfonamides is 1. The highest BCUT2D eigenvalue weighted by atomic mass is 32.2. The van der Waals surface area contributed by atoms with E-state index in [0.29, 0.717) is 16.8 Å². The highest BCUT2D eigenvalue weighted by Gasteiger charge is 2.16. The van der Waals surface area contributed by atoms with Crippen LogP contribution in [0.25, 0.3) is 10.9 Å². The van der Waals surface area contributed by atoms with Gasteiger partial charge in [-0.1, -0.05) is 30.3 Å². The van der Waals surface area contributed by atoms with Crippen LogP contribution >= 0.6 is 0 Å². The number of aryl methyl sites for hydroxylation is 1. The molecule has 7 nitrogen and oxygen atoms in total. The molecule has 0 bridgehead atoms. The number of anilines is 2. The summed E-state index contributed by atoms with van der Waals surface area (Å²) in [6, 6.07) is 20.0. The van der Waals surface area contributed by atoms with Gasteiger partial charge in [-0.25, -0.2) is 8.42 Å². The Hall–Kier alpha value is -4.09. The van der Waals surface area contributed by atoms with E-state index in [2.05, 4.69) is 21.1 Å². The Bertz CT molecular complexity index is 1430. The van der Waals surface area contributed by atoms with Crippen LogP contribution in [0.15, 0.2) is 77.8 Å². The number of carbonyl (C=O) groups is 1. The molecule has 8 heteroatoms. The summed E-state index contributed by atoms with van der Waals surface area (Å²) < 4.78 is 27.6. The van der Waals surface area contributed by atoms with E-state index >= 15 is 0 Å². The van der Waals surface area contributed by atoms with Gasteiger partial charge in [0.2, 0.25) is 0 Å². The molecule has 1 aromatic heterocycles. The van der Waals surface area contributed by atoms with E-state index in [0.717, 1.165) is 10.9 Å². The quantitative estimate of drug-likeness (QED) is 0.435. The molecule has 0 saturated heterocycles. The predicted octanol–water partition coefficient (Wildman–Crippen LogP) is 4.40. The van der Waals surface area contributed by atoms with Gasteiger partial charge >= 0.3 is 0 Å². The molecule has 0 aliphatic heterocycles. The molecule has 0 atom stereocenters. The number of H-pyrrole nitrogens is 1. The van der Waals surface area contributed by atoms with Crippen molar-refractivity contribution < 1.29 is 13.2 Å². The third-order valence-electron chi connectivity index (χ3n) is 4.84. The third-order valence-corrected chi connectivity index (χ3v) is 6.24. The van der Waals surface area contributed by atoms with Gasteiger partial charge in [0.1, 0.15) is 6.07 Å². The summed E-state index contributed by atoms with van der Waals surface area (Å²) in [7, 11) is -3.77. The number of hydrogen-bond donors (Lipinski definition) is 3. The molecular weight excluding hydrogens is 412 g/mol. The number of nitriles is 1. The first-order valence-electron chi connectivity index (χ1n) is 9.39. The number of nitrogens with zero attached hydrogens (tertiary/aromatic N) is 1. The van der Waals surface area contributed by atoms with Gasteiger partial charge < -0.3 is 10.3 Å². The molecule has 4 rings (SSSR count). The van der Waals surface area contributed by atoms with Gasteiger partial charge in [0, 0.05) is 22.8 Å². The maximum atomic E-state index is 12.8. The highest BCUT2D eigenvalue weighted by molar-refractivity contribution is 7.92. The number of carbonyl (C=O) groups excluding carboxylic acids is 1. The summed E-state index contributed by atoms with van der Waals surface area (Å²) >= 11 is 0. The Balaban J connectivity index is 1.60. The number of nitrogens with one attached hydrogen (secondary N) is 3. The van der Waals surface area contributed by atoms with Crippen LogP contribution in [0, 0.1) is 18.3 Å². The van der Waals surface area contributed by atoms with E-state index in [1.54, 1.807) is 48.7 Å². The van der Waals surface area contributed by atoms with E-state index < -0.39 is 15.9 Å². The second kappa shape index (κ2) is 7.97. The molecule has 3 aromatic carbocycles. The second-order valence-corrected chi connectivity index (χ2v) is 8.63. The third kappa shape index (κ3) is 3.99.